The van der Waals surface area contributed by atoms with Crippen molar-refractivity contribution in [3.05, 3.63) is 90.4 Å². The Morgan fingerprint density at radius 2 is 1.89 bits per heavy atom. The summed E-state index contributed by atoms with van der Waals surface area (Å²) >= 11 is 0. The second-order valence-electron chi connectivity index (χ2n) is 7.45. The second-order valence-corrected chi connectivity index (χ2v) is 9.34. The zero-order valence-electron chi connectivity index (χ0n) is 19.1. The summed E-state index contributed by atoms with van der Waals surface area (Å²) in [7, 11) is -0.614. The topological polar surface area (TPSA) is 111 Å². The first-order chi connectivity index (χ1) is 16.9. The van der Waals surface area contributed by atoms with E-state index in [1.54, 1.807) is 43.5 Å². The SMILES string of the molecule is CNS(=O)(=O)c1ccc(/C=C/C(=O)Nc2ccc(OC)c(OCc3cn4ccccc4n3)c2)cc1. The minimum atomic E-state index is -3.51. The molecule has 10 heteroatoms. The highest BCUT2D eigenvalue weighted by molar-refractivity contribution is 7.89. The number of pyridine rings is 1. The van der Waals surface area contributed by atoms with Crippen molar-refractivity contribution in [2.75, 3.05) is 19.5 Å². The zero-order chi connectivity index (χ0) is 24.8. The fourth-order valence-electron chi connectivity index (χ4n) is 3.31. The number of methoxy groups -OCH3 is 1. The molecule has 9 nitrogen and oxygen atoms in total. The van der Waals surface area contributed by atoms with Crippen LogP contribution in [-0.4, -0.2) is 37.9 Å². The van der Waals surface area contributed by atoms with Gasteiger partial charge in [-0.15, -0.1) is 0 Å². The number of ether oxygens (including phenoxy) is 2. The third-order valence-corrected chi connectivity index (χ3v) is 6.54. The van der Waals surface area contributed by atoms with Crippen LogP contribution >= 0.6 is 0 Å². The van der Waals surface area contributed by atoms with Gasteiger partial charge in [0.05, 0.1) is 17.7 Å². The summed E-state index contributed by atoms with van der Waals surface area (Å²) in [6.45, 7) is 0.231. The number of aromatic nitrogens is 2. The van der Waals surface area contributed by atoms with Gasteiger partial charge in [0.25, 0.3) is 0 Å². The van der Waals surface area contributed by atoms with Crippen molar-refractivity contribution < 1.29 is 22.7 Å². The normalized spacial score (nSPS) is 11.6. The molecule has 0 saturated heterocycles. The third-order valence-electron chi connectivity index (χ3n) is 5.11. The molecule has 0 aliphatic carbocycles. The molecule has 0 saturated carbocycles. The van der Waals surface area contributed by atoms with Crippen LogP contribution in [0, 0.1) is 0 Å². The lowest BCUT2D eigenvalue weighted by molar-refractivity contribution is -0.111. The summed E-state index contributed by atoms with van der Waals surface area (Å²) < 4.78 is 39.1. The van der Waals surface area contributed by atoms with Gasteiger partial charge in [-0.3, -0.25) is 4.79 Å². The molecule has 0 spiro atoms. The number of carbonyl (C=O) groups is 1. The van der Waals surface area contributed by atoms with Crippen LogP contribution in [0.3, 0.4) is 0 Å². The molecule has 0 aliphatic rings. The van der Waals surface area contributed by atoms with E-state index in [2.05, 4.69) is 15.0 Å². The standard InChI is InChI=1S/C25H24N4O5S/c1-26-35(31,32)21-10-6-18(7-11-21)8-13-25(30)28-19-9-12-22(33-2)23(15-19)34-17-20-16-29-14-4-3-5-24(29)27-20/h3-16,26H,17H2,1-2H3,(H,28,30)/b13-8+. The monoisotopic (exact) mass is 492 g/mol. The predicted octanol–water partition coefficient (Wildman–Crippen LogP) is 3.48. The molecule has 1 amide bonds. The third kappa shape index (κ3) is 5.86. The molecule has 2 aromatic heterocycles. The Kier molecular flexibility index (Phi) is 7.14. The quantitative estimate of drug-likeness (QED) is 0.346. The molecule has 4 aromatic rings. The number of hydrogen-bond donors (Lipinski definition) is 2. The Hall–Kier alpha value is -4.15. The van der Waals surface area contributed by atoms with E-state index in [9.17, 15) is 13.2 Å². The van der Waals surface area contributed by atoms with Crippen LogP contribution in [0.25, 0.3) is 11.7 Å². The maximum atomic E-state index is 12.4. The number of amides is 1. The Morgan fingerprint density at radius 1 is 1.09 bits per heavy atom. The summed E-state index contributed by atoms with van der Waals surface area (Å²) in [5.74, 6) is 0.639. The van der Waals surface area contributed by atoms with E-state index in [1.807, 2.05) is 35.0 Å². The average Bonchev–Trinajstić information content (AvgIpc) is 3.30. The second kappa shape index (κ2) is 10.4. The predicted molar refractivity (Wildman–Crippen MR) is 133 cm³/mol. The molecule has 0 radical (unpaired) electrons. The number of rotatable bonds is 9. The van der Waals surface area contributed by atoms with Gasteiger partial charge in [-0.25, -0.2) is 18.1 Å². The van der Waals surface area contributed by atoms with Gasteiger partial charge in [0, 0.05) is 30.2 Å². The van der Waals surface area contributed by atoms with Crippen LogP contribution in [0.1, 0.15) is 11.3 Å². The molecule has 0 unspecified atom stereocenters. The lowest BCUT2D eigenvalue weighted by atomic mass is 10.2. The van der Waals surface area contributed by atoms with Crippen molar-refractivity contribution in [3.8, 4) is 11.5 Å². The van der Waals surface area contributed by atoms with Gasteiger partial charge in [0.1, 0.15) is 12.3 Å². The molecule has 0 bridgehead atoms. The number of imidazole rings is 1. The van der Waals surface area contributed by atoms with E-state index in [4.69, 9.17) is 9.47 Å². The molecule has 180 valence electrons. The summed E-state index contributed by atoms with van der Waals surface area (Å²) in [5.41, 5.74) is 2.79. The maximum absolute atomic E-state index is 12.4. The Labute approximate surface area is 203 Å². The molecule has 0 fully saturated rings. The van der Waals surface area contributed by atoms with E-state index < -0.39 is 10.0 Å². The first-order valence-corrected chi connectivity index (χ1v) is 12.1. The summed E-state index contributed by atoms with van der Waals surface area (Å²) in [6, 6.07) is 17.0. The molecule has 4 rings (SSSR count). The van der Waals surface area contributed by atoms with Gasteiger partial charge in [0.2, 0.25) is 15.9 Å². The lowest BCUT2D eigenvalue weighted by Gasteiger charge is -2.12. The van der Waals surface area contributed by atoms with Gasteiger partial charge in [-0.05, 0) is 55.1 Å². The number of carbonyl (C=O) groups excluding carboxylic acids is 1. The van der Waals surface area contributed by atoms with E-state index >= 15 is 0 Å². The van der Waals surface area contributed by atoms with E-state index in [-0.39, 0.29) is 17.4 Å². The first kappa shape index (κ1) is 24.0. The minimum Gasteiger partial charge on any atom is -0.493 e. The van der Waals surface area contributed by atoms with Gasteiger partial charge >= 0.3 is 0 Å². The largest absolute Gasteiger partial charge is 0.493 e. The summed E-state index contributed by atoms with van der Waals surface area (Å²) in [4.78, 5) is 17.1. The highest BCUT2D eigenvalue weighted by Gasteiger charge is 2.11. The number of benzene rings is 2. The molecule has 2 N–H and O–H groups in total. The lowest BCUT2D eigenvalue weighted by Crippen LogP contribution is -2.18. The molecule has 2 heterocycles. The van der Waals surface area contributed by atoms with Crippen LogP contribution in [0.2, 0.25) is 0 Å². The van der Waals surface area contributed by atoms with Crippen molar-refractivity contribution in [1.29, 1.82) is 0 Å². The Bertz CT molecular complexity index is 1440. The molecular weight excluding hydrogens is 468 g/mol. The molecule has 0 atom stereocenters. The highest BCUT2D eigenvalue weighted by atomic mass is 32.2. The minimum absolute atomic E-state index is 0.149. The van der Waals surface area contributed by atoms with E-state index in [0.29, 0.717) is 22.7 Å². The van der Waals surface area contributed by atoms with Crippen LogP contribution in [0.5, 0.6) is 11.5 Å². The number of anilines is 1. The number of nitrogens with zero attached hydrogens (tertiary/aromatic N) is 2. The van der Waals surface area contributed by atoms with Crippen LogP contribution in [0.15, 0.2) is 84.0 Å². The molecule has 0 aliphatic heterocycles. The van der Waals surface area contributed by atoms with Crippen molar-refractivity contribution >= 4 is 33.3 Å². The number of fused-ring (bicyclic) bond motifs is 1. The molecule has 2 aromatic carbocycles. The van der Waals surface area contributed by atoms with Crippen molar-refractivity contribution in [3.63, 3.8) is 0 Å². The smallest absolute Gasteiger partial charge is 0.248 e. The summed E-state index contributed by atoms with van der Waals surface area (Å²) in [5, 5.41) is 2.78. The first-order valence-electron chi connectivity index (χ1n) is 10.6. The van der Waals surface area contributed by atoms with Crippen molar-refractivity contribution in [1.82, 2.24) is 14.1 Å². The number of nitrogens with one attached hydrogen (secondary N) is 2. The van der Waals surface area contributed by atoms with Crippen molar-refractivity contribution in [2.45, 2.75) is 11.5 Å². The van der Waals surface area contributed by atoms with Gasteiger partial charge in [-0.1, -0.05) is 18.2 Å². The molecule has 35 heavy (non-hydrogen) atoms. The fourth-order valence-corrected chi connectivity index (χ4v) is 4.04. The van der Waals surface area contributed by atoms with Crippen LogP contribution in [0.4, 0.5) is 5.69 Å². The Balaban J connectivity index is 1.41. The zero-order valence-corrected chi connectivity index (χ0v) is 20.0. The van der Waals surface area contributed by atoms with E-state index in [1.165, 1.54) is 25.3 Å². The molecular formula is C25H24N4O5S. The van der Waals surface area contributed by atoms with Gasteiger partial charge in [0.15, 0.2) is 11.5 Å². The van der Waals surface area contributed by atoms with E-state index in [0.717, 1.165) is 11.3 Å². The Morgan fingerprint density at radius 3 is 2.60 bits per heavy atom. The van der Waals surface area contributed by atoms with Crippen LogP contribution < -0.4 is 19.5 Å². The van der Waals surface area contributed by atoms with Gasteiger partial charge < -0.3 is 19.2 Å². The maximum Gasteiger partial charge on any atom is 0.248 e. The number of hydrogen-bond acceptors (Lipinski definition) is 6. The summed E-state index contributed by atoms with van der Waals surface area (Å²) in [6.07, 6.45) is 6.76. The van der Waals surface area contributed by atoms with Gasteiger partial charge in [-0.2, -0.15) is 0 Å². The van der Waals surface area contributed by atoms with Crippen LogP contribution in [-0.2, 0) is 21.4 Å². The highest BCUT2D eigenvalue weighted by Crippen LogP contribution is 2.31. The van der Waals surface area contributed by atoms with Crippen molar-refractivity contribution in [2.24, 2.45) is 0 Å². The fraction of sp³-hybridized carbons (Fsp3) is 0.120. The average molecular weight is 493 g/mol. The number of sulfonamides is 1.